The van der Waals surface area contributed by atoms with Gasteiger partial charge in [-0.05, 0) is 18.8 Å². The van der Waals surface area contributed by atoms with Crippen LogP contribution < -0.4 is 5.32 Å². The highest BCUT2D eigenvalue weighted by Gasteiger charge is 2.21. The number of nitrogens with one attached hydrogen (secondary N) is 1. The first kappa shape index (κ1) is 17.2. The van der Waals surface area contributed by atoms with E-state index < -0.39 is 0 Å². The van der Waals surface area contributed by atoms with Crippen LogP contribution in [0.25, 0.3) is 0 Å². The minimum Gasteiger partial charge on any atom is -0.382 e. The Morgan fingerprint density at radius 2 is 2.00 bits per heavy atom. The molecule has 20 heavy (non-hydrogen) atoms. The Kier molecular flexibility index (Phi) is 9.36. The van der Waals surface area contributed by atoms with Crippen LogP contribution in [0.1, 0.15) is 12.8 Å². The van der Waals surface area contributed by atoms with E-state index in [1.165, 1.54) is 12.8 Å². The third-order valence-corrected chi connectivity index (χ3v) is 3.16. The third-order valence-electron chi connectivity index (χ3n) is 3.16. The van der Waals surface area contributed by atoms with Crippen LogP contribution in [0.2, 0.25) is 0 Å². The zero-order chi connectivity index (χ0) is 14.6. The summed E-state index contributed by atoms with van der Waals surface area (Å²) in [5.74, 6) is 1.69. The maximum absolute atomic E-state index is 5.63. The average molecular weight is 287 g/mol. The number of ether oxygens (including phenoxy) is 3. The zero-order valence-electron chi connectivity index (χ0n) is 13.1. The van der Waals surface area contributed by atoms with Gasteiger partial charge in [-0.1, -0.05) is 0 Å². The molecule has 0 heterocycles. The predicted octanol–water partition coefficient (Wildman–Crippen LogP) is 0.583. The molecule has 0 saturated heterocycles. The highest BCUT2D eigenvalue weighted by atomic mass is 16.5. The zero-order valence-corrected chi connectivity index (χ0v) is 13.1. The summed E-state index contributed by atoms with van der Waals surface area (Å²) in [4.78, 5) is 6.32. The topological polar surface area (TPSA) is 55.3 Å². The van der Waals surface area contributed by atoms with Gasteiger partial charge in [0, 0.05) is 40.9 Å². The quantitative estimate of drug-likeness (QED) is 0.342. The van der Waals surface area contributed by atoms with Crippen molar-refractivity contribution in [2.75, 3.05) is 67.3 Å². The molecule has 0 aliphatic heterocycles. The summed E-state index contributed by atoms with van der Waals surface area (Å²) in [6.45, 7) is 5.15. The lowest BCUT2D eigenvalue weighted by Gasteiger charge is -2.22. The van der Waals surface area contributed by atoms with E-state index in [4.69, 9.17) is 14.2 Å². The van der Waals surface area contributed by atoms with E-state index in [1.54, 1.807) is 14.2 Å². The first-order valence-corrected chi connectivity index (χ1v) is 7.34. The molecule has 6 heteroatoms. The molecule has 0 spiro atoms. The van der Waals surface area contributed by atoms with Gasteiger partial charge in [0.25, 0.3) is 0 Å². The number of nitrogens with zero attached hydrogens (tertiary/aromatic N) is 2. The molecule has 0 aromatic carbocycles. The molecule has 0 amide bonds. The van der Waals surface area contributed by atoms with Crippen LogP contribution in [0, 0.1) is 5.92 Å². The van der Waals surface area contributed by atoms with Crippen molar-refractivity contribution in [3.05, 3.63) is 0 Å². The molecular weight excluding hydrogens is 258 g/mol. The van der Waals surface area contributed by atoms with Gasteiger partial charge in [0.15, 0.2) is 5.96 Å². The SMILES string of the molecule is CN=C(NCCOCCOC)N(C)CCOCC1CC1. The van der Waals surface area contributed by atoms with Crippen LogP contribution in [0.15, 0.2) is 4.99 Å². The van der Waals surface area contributed by atoms with Crippen molar-refractivity contribution in [2.24, 2.45) is 10.9 Å². The largest absolute Gasteiger partial charge is 0.382 e. The molecule has 118 valence electrons. The number of rotatable bonds is 11. The molecule has 0 atom stereocenters. The highest BCUT2D eigenvalue weighted by molar-refractivity contribution is 5.79. The van der Waals surface area contributed by atoms with E-state index in [2.05, 4.69) is 15.2 Å². The Bertz CT molecular complexity index is 270. The van der Waals surface area contributed by atoms with Crippen LogP contribution in [-0.4, -0.2) is 78.2 Å². The fraction of sp³-hybridized carbons (Fsp3) is 0.929. The molecule has 1 N–H and O–H groups in total. The van der Waals surface area contributed by atoms with Gasteiger partial charge in [-0.2, -0.15) is 0 Å². The van der Waals surface area contributed by atoms with E-state index in [0.29, 0.717) is 19.8 Å². The van der Waals surface area contributed by atoms with E-state index in [1.807, 2.05) is 7.05 Å². The fourth-order valence-corrected chi connectivity index (χ4v) is 1.71. The first-order valence-electron chi connectivity index (χ1n) is 7.34. The molecule has 0 bridgehead atoms. The number of hydrogen-bond acceptors (Lipinski definition) is 4. The predicted molar refractivity (Wildman–Crippen MR) is 80.2 cm³/mol. The summed E-state index contributed by atoms with van der Waals surface area (Å²) in [6.07, 6.45) is 2.67. The molecule has 1 aliphatic carbocycles. The number of likely N-dealkylation sites (N-methyl/N-ethyl adjacent to an activating group) is 1. The van der Waals surface area contributed by atoms with E-state index in [9.17, 15) is 0 Å². The maximum atomic E-state index is 5.63. The number of aliphatic imine (C=N–C) groups is 1. The van der Waals surface area contributed by atoms with Crippen molar-refractivity contribution in [3.8, 4) is 0 Å². The van der Waals surface area contributed by atoms with Crippen molar-refractivity contribution < 1.29 is 14.2 Å². The van der Waals surface area contributed by atoms with Crippen LogP contribution in [-0.2, 0) is 14.2 Å². The van der Waals surface area contributed by atoms with Crippen LogP contribution in [0.5, 0.6) is 0 Å². The number of guanidine groups is 1. The number of hydrogen-bond donors (Lipinski definition) is 1. The molecule has 0 aromatic rings. The summed E-state index contributed by atoms with van der Waals surface area (Å²) >= 11 is 0. The lowest BCUT2D eigenvalue weighted by molar-refractivity contribution is 0.0730. The van der Waals surface area contributed by atoms with Crippen LogP contribution in [0.3, 0.4) is 0 Å². The standard InChI is InChI=1S/C14H29N3O3/c1-15-14(16-6-8-19-11-10-18-3)17(2)7-9-20-12-13-4-5-13/h13H,4-12H2,1-3H3,(H,15,16). The summed E-state index contributed by atoms with van der Waals surface area (Å²) in [5, 5.41) is 3.26. The molecule has 1 saturated carbocycles. The van der Waals surface area contributed by atoms with Crippen LogP contribution >= 0.6 is 0 Å². The van der Waals surface area contributed by atoms with E-state index >= 15 is 0 Å². The first-order chi connectivity index (χ1) is 9.77. The summed E-state index contributed by atoms with van der Waals surface area (Å²) in [7, 11) is 5.47. The van der Waals surface area contributed by atoms with Crippen LogP contribution in [0.4, 0.5) is 0 Å². The minimum absolute atomic E-state index is 0.627. The fourth-order valence-electron chi connectivity index (χ4n) is 1.71. The summed E-state index contributed by atoms with van der Waals surface area (Å²) < 4.78 is 15.9. The molecule has 1 rings (SSSR count). The van der Waals surface area contributed by atoms with Crippen molar-refractivity contribution >= 4 is 5.96 Å². The van der Waals surface area contributed by atoms with E-state index in [-0.39, 0.29) is 0 Å². The van der Waals surface area contributed by atoms with Gasteiger partial charge in [0.2, 0.25) is 0 Å². The summed E-state index contributed by atoms with van der Waals surface area (Å²) in [5.41, 5.74) is 0. The molecule has 1 fully saturated rings. The molecule has 1 aliphatic rings. The Balaban J connectivity index is 2.00. The second kappa shape index (κ2) is 10.9. The monoisotopic (exact) mass is 287 g/mol. The van der Waals surface area contributed by atoms with Gasteiger partial charge >= 0.3 is 0 Å². The molecule has 0 radical (unpaired) electrons. The normalized spacial score (nSPS) is 15.4. The Labute approximate surface area is 122 Å². The van der Waals surface area contributed by atoms with Gasteiger partial charge in [0.1, 0.15) is 0 Å². The molecule has 0 unspecified atom stereocenters. The van der Waals surface area contributed by atoms with Gasteiger partial charge in [-0.3, -0.25) is 4.99 Å². The van der Waals surface area contributed by atoms with Gasteiger partial charge in [-0.25, -0.2) is 0 Å². The lowest BCUT2D eigenvalue weighted by atomic mass is 10.5. The van der Waals surface area contributed by atoms with Crippen molar-refractivity contribution in [1.82, 2.24) is 10.2 Å². The third kappa shape index (κ3) is 8.35. The van der Waals surface area contributed by atoms with Crippen molar-refractivity contribution in [2.45, 2.75) is 12.8 Å². The molecule has 0 aromatic heterocycles. The smallest absolute Gasteiger partial charge is 0.193 e. The van der Waals surface area contributed by atoms with Crippen molar-refractivity contribution in [1.29, 1.82) is 0 Å². The van der Waals surface area contributed by atoms with Gasteiger partial charge < -0.3 is 24.4 Å². The second-order valence-corrected chi connectivity index (χ2v) is 5.02. The Morgan fingerprint density at radius 3 is 2.65 bits per heavy atom. The van der Waals surface area contributed by atoms with Gasteiger partial charge in [-0.15, -0.1) is 0 Å². The second-order valence-electron chi connectivity index (χ2n) is 5.02. The van der Waals surface area contributed by atoms with E-state index in [0.717, 1.165) is 38.2 Å². The number of methoxy groups -OCH3 is 1. The lowest BCUT2D eigenvalue weighted by Crippen LogP contribution is -2.41. The highest BCUT2D eigenvalue weighted by Crippen LogP contribution is 2.28. The molecule has 6 nitrogen and oxygen atoms in total. The average Bonchev–Trinajstić information content (AvgIpc) is 3.27. The maximum Gasteiger partial charge on any atom is 0.193 e. The van der Waals surface area contributed by atoms with Gasteiger partial charge in [0.05, 0.1) is 26.4 Å². The Hall–Kier alpha value is -0.850. The Morgan fingerprint density at radius 1 is 1.20 bits per heavy atom. The molecular formula is C14H29N3O3. The van der Waals surface area contributed by atoms with Crippen molar-refractivity contribution in [3.63, 3.8) is 0 Å². The minimum atomic E-state index is 0.627. The summed E-state index contributed by atoms with van der Waals surface area (Å²) in [6, 6.07) is 0.